The standard InChI is InChI=1S/C16H22N6O3S/c1-10(14(23)19-15(24)18-11-6-3-2-4-7-11)26-16-21-20-13(22(16)17)12-8-5-9-25-12/h5,8-11H,2-4,6-7,17H2,1H3,(H2,18,19,23,24)/t10-/m0/s1. The molecular formula is C16H22N6O3S. The number of carbonyl (C=O) groups excluding carboxylic acids is 2. The number of rotatable bonds is 5. The highest BCUT2D eigenvalue weighted by atomic mass is 32.2. The van der Waals surface area contributed by atoms with Crippen LogP contribution in [-0.2, 0) is 4.79 Å². The Balaban J connectivity index is 1.53. The third-order valence-corrected chi connectivity index (χ3v) is 5.29. The summed E-state index contributed by atoms with van der Waals surface area (Å²) in [6, 6.07) is 3.12. The number of thioether (sulfide) groups is 1. The van der Waals surface area contributed by atoms with Crippen LogP contribution in [0, 0.1) is 0 Å². The number of nitrogen functional groups attached to an aromatic ring is 1. The molecule has 0 radical (unpaired) electrons. The topological polar surface area (TPSA) is 128 Å². The third kappa shape index (κ3) is 4.37. The van der Waals surface area contributed by atoms with Gasteiger partial charge in [0, 0.05) is 6.04 Å². The highest BCUT2D eigenvalue weighted by Gasteiger charge is 2.23. The van der Waals surface area contributed by atoms with Crippen molar-refractivity contribution in [3.63, 3.8) is 0 Å². The summed E-state index contributed by atoms with van der Waals surface area (Å²) in [5.41, 5.74) is 0. The van der Waals surface area contributed by atoms with E-state index in [4.69, 9.17) is 10.3 Å². The second-order valence-electron chi connectivity index (χ2n) is 6.21. The van der Waals surface area contributed by atoms with Crippen molar-refractivity contribution in [3.05, 3.63) is 18.4 Å². The van der Waals surface area contributed by atoms with E-state index in [0.717, 1.165) is 37.4 Å². The summed E-state index contributed by atoms with van der Waals surface area (Å²) in [5.74, 6) is 6.40. The predicted molar refractivity (Wildman–Crippen MR) is 96.7 cm³/mol. The summed E-state index contributed by atoms with van der Waals surface area (Å²) < 4.78 is 6.51. The van der Waals surface area contributed by atoms with Crippen LogP contribution in [-0.4, -0.2) is 38.1 Å². The number of nitrogens with zero attached hydrogens (tertiary/aromatic N) is 3. The summed E-state index contributed by atoms with van der Waals surface area (Å²) in [5, 5.41) is 13.0. The first-order valence-corrected chi connectivity index (χ1v) is 9.45. The van der Waals surface area contributed by atoms with Crippen LogP contribution < -0.4 is 16.5 Å². The maximum absolute atomic E-state index is 12.2. The van der Waals surface area contributed by atoms with Gasteiger partial charge in [-0.2, -0.15) is 0 Å². The lowest BCUT2D eigenvalue weighted by molar-refractivity contribution is -0.119. The molecule has 1 aliphatic rings. The van der Waals surface area contributed by atoms with E-state index >= 15 is 0 Å². The Labute approximate surface area is 155 Å². The van der Waals surface area contributed by atoms with Gasteiger partial charge in [0.15, 0.2) is 5.76 Å². The van der Waals surface area contributed by atoms with Crippen LogP contribution in [0.4, 0.5) is 4.79 Å². The monoisotopic (exact) mass is 378 g/mol. The maximum atomic E-state index is 12.2. The summed E-state index contributed by atoms with van der Waals surface area (Å²) in [6.07, 6.45) is 6.84. The smallest absolute Gasteiger partial charge is 0.321 e. The van der Waals surface area contributed by atoms with Crippen LogP contribution in [0.3, 0.4) is 0 Å². The van der Waals surface area contributed by atoms with Gasteiger partial charge in [0.1, 0.15) is 0 Å². The number of amides is 3. The molecule has 0 spiro atoms. The summed E-state index contributed by atoms with van der Waals surface area (Å²) in [6.45, 7) is 1.68. The Morgan fingerprint density at radius 1 is 1.35 bits per heavy atom. The van der Waals surface area contributed by atoms with Crippen molar-refractivity contribution >= 4 is 23.7 Å². The highest BCUT2D eigenvalue weighted by molar-refractivity contribution is 8.00. The maximum Gasteiger partial charge on any atom is 0.321 e. The van der Waals surface area contributed by atoms with Crippen molar-refractivity contribution in [1.82, 2.24) is 25.5 Å². The molecule has 1 fully saturated rings. The molecule has 2 heterocycles. The molecule has 1 saturated carbocycles. The number of carbonyl (C=O) groups is 2. The van der Waals surface area contributed by atoms with E-state index in [-0.39, 0.29) is 6.04 Å². The molecule has 0 aliphatic heterocycles. The Hall–Kier alpha value is -2.49. The Morgan fingerprint density at radius 2 is 2.12 bits per heavy atom. The summed E-state index contributed by atoms with van der Waals surface area (Å²) in [7, 11) is 0. The summed E-state index contributed by atoms with van der Waals surface area (Å²) >= 11 is 1.12. The van der Waals surface area contributed by atoms with E-state index in [1.807, 2.05) is 0 Å². The Morgan fingerprint density at radius 3 is 2.81 bits per heavy atom. The van der Waals surface area contributed by atoms with Crippen LogP contribution in [0.25, 0.3) is 11.6 Å². The molecular weight excluding hydrogens is 356 g/mol. The largest absolute Gasteiger partial charge is 0.461 e. The molecule has 10 heteroatoms. The second kappa shape index (κ2) is 8.26. The number of nitrogens with two attached hydrogens (primary N) is 1. The molecule has 1 aliphatic carbocycles. The van der Waals surface area contributed by atoms with Gasteiger partial charge in [-0.25, -0.2) is 9.47 Å². The van der Waals surface area contributed by atoms with Gasteiger partial charge < -0.3 is 15.6 Å². The third-order valence-electron chi connectivity index (χ3n) is 4.23. The van der Waals surface area contributed by atoms with Crippen molar-refractivity contribution in [1.29, 1.82) is 0 Å². The molecule has 140 valence electrons. The molecule has 3 amide bonds. The van der Waals surface area contributed by atoms with Gasteiger partial charge >= 0.3 is 6.03 Å². The predicted octanol–water partition coefficient (Wildman–Crippen LogP) is 1.89. The number of hydrogen-bond donors (Lipinski definition) is 3. The molecule has 3 rings (SSSR count). The normalized spacial score (nSPS) is 16.2. The fourth-order valence-electron chi connectivity index (χ4n) is 2.82. The number of urea groups is 1. The van der Waals surface area contributed by atoms with Crippen molar-refractivity contribution in [2.75, 3.05) is 5.84 Å². The number of furan rings is 1. The molecule has 0 aromatic carbocycles. The first-order valence-electron chi connectivity index (χ1n) is 8.57. The van der Waals surface area contributed by atoms with E-state index in [0.29, 0.717) is 16.7 Å². The van der Waals surface area contributed by atoms with E-state index in [1.54, 1.807) is 19.1 Å². The molecule has 0 unspecified atom stereocenters. The van der Waals surface area contributed by atoms with Crippen LogP contribution in [0.1, 0.15) is 39.0 Å². The van der Waals surface area contributed by atoms with Crippen molar-refractivity contribution in [2.45, 2.75) is 55.5 Å². The Kier molecular flexibility index (Phi) is 5.82. The van der Waals surface area contributed by atoms with Crippen molar-refractivity contribution in [3.8, 4) is 11.6 Å². The first-order chi connectivity index (χ1) is 12.5. The van der Waals surface area contributed by atoms with Gasteiger partial charge in [0.25, 0.3) is 0 Å². The van der Waals surface area contributed by atoms with Gasteiger partial charge in [-0.1, -0.05) is 31.0 Å². The fraction of sp³-hybridized carbons (Fsp3) is 0.500. The first kappa shape index (κ1) is 18.3. The molecule has 9 nitrogen and oxygen atoms in total. The molecule has 1 atom stereocenters. The fourth-order valence-corrected chi connectivity index (χ4v) is 3.59. The minimum atomic E-state index is -0.567. The van der Waals surface area contributed by atoms with Gasteiger partial charge in [0.2, 0.25) is 16.9 Å². The SMILES string of the molecule is C[C@H](Sc1nnc(-c2ccco2)n1N)C(=O)NC(=O)NC1CCCCC1. The second-order valence-corrected chi connectivity index (χ2v) is 7.52. The minimum Gasteiger partial charge on any atom is -0.461 e. The molecule has 2 aromatic heterocycles. The number of nitrogens with one attached hydrogen (secondary N) is 2. The van der Waals surface area contributed by atoms with E-state index < -0.39 is 17.2 Å². The minimum absolute atomic E-state index is 0.141. The molecule has 2 aromatic rings. The van der Waals surface area contributed by atoms with E-state index in [1.165, 1.54) is 17.4 Å². The van der Waals surface area contributed by atoms with Gasteiger partial charge in [-0.05, 0) is 31.9 Å². The van der Waals surface area contributed by atoms with Crippen molar-refractivity contribution in [2.24, 2.45) is 0 Å². The highest BCUT2D eigenvalue weighted by Crippen LogP contribution is 2.25. The average molecular weight is 378 g/mol. The van der Waals surface area contributed by atoms with E-state index in [2.05, 4.69) is 20.8 Å². The zero-order valence-corrected chi connectivity index (χ0v) is 15.3. The average Bonchev–Trinajstić information content (AvgIpc) is 3.26. The van der Waals surface area contributed by atoms with Gasteiger partial charge in [0.05, 0.1) is 11.5 Å². The van der Waals surface area contributed by atoms with E-state index in [9.17, 15) is 9.59 Å². The number of imide groups is 1. The lowest BCUT2D eigenvalue weighted by Crippen LogP contribution is -2.47. The quantitative estimate of drug-likeness (QED) is 0.535. The Bertz CT molecular complexity index is 754. The van der Waals surface area contributed by atoms with Crippen molar-refractivity contribution < 1.29 is 14.0 Å². The lowest BCUT2D eigenvalue weighted by Gasteiger charge is -2.22. The molecule has 26 heavy (non-hydrogen) atoms. The van der Waals surface area contributed by atoms with Crippen LogP contribution in [0.2, 0.25) is 0 Å². The van der Waals surface area contributed by atoms with Crippen LogP contribution in [0.15, 0.2) is 28.0 Å². The number of aromatic nitrogens is 3. The van der Waals surface area contributed by atoms with Crippen LogP contribution in [0.5, 0.6) is 0 Å². The lowest BCUT2D eigenvalue weighted by atomic mass is 9.96. The van der Waals surface area contributed by atoms with Gasteiger partial charge in [-0.15, -0.1) is 10.2 Å². The zero-order chi connectivity index (χ0) is 18.5. The number of hydrogen-bond acceptors (Lipinski definition) is 7. The summed E-state index contributed by atoms with van der Waals surface area (Å²) in [4.78, 5) is 24.2. The van der Waals surface area contributed by atoms with Gasteiger partial charge in [-0.3, -0.25) is 10.1 Å². The molecule has 0 saturated heterocycles. The zero-order valence-electron chi connectivity index (χ0n) is 14.5. The molecule has 4 N–H and O–H groups in total. The van der Waals surface area contributed by atoms with Crippen LogP contribution >= 0.6 is 11.8 Å². The molecule has 0 bridgehead atoms.